The summed E-state index contributed by atoms with van der Waals surface area (Å²) in [5.41, 5.74) is 3.28. The van der Waals surface area contributed by atoms with Gasteiger partial charge in [-0.3, -0.25) is 4.79 Å². The number of nitrogens with zero attached hydrogens (tertiary/aromatic N) is 2. The van der Waals surface area contributed by atoms with E-state index in [1.165, 1.54) is 16.7 Å². The molecule has 4 rings (SSSR count). The van der Waals surface area contributed by atoms with Crippen molar-refractivity contribution < 1.29 is 14.3 Å². The van der Waals surface area contributed by atoms with Crippen molar-refractivity contribution in [2.24, 2.45) is 5.92 Å². The summed E-state index contributed by atoms with van der Waals surface area (Å²) >= 11 is 0. The number of benzene rings is 2. The predicted octanol–water partition coefficient (Wildman–Crippen LogP) is 4.81. The molecule has 2 aromatic rings. The Bertz CT molecular complexity index is 927. The van der Waals surface area contributed by atoms with Crippen LogP contribution in [0.25, 0.3) is 0 Å². The first-order chi connectivity index (χ1) is 14.8. The van der Waals surface area contributed by atoms with E-state index in [1.807, 2.05) is 37.8 Å². The number of ether oxygens (including phenoxy) is 1. The Morgan fingerprint density at radius 1 is 0.903 bits per heavy atom. The van der Waals surface area contributed by atoms with Gasteiger partial charge in [0.05, 0.1) is 0 Å². The standard InChI is InChI=1S/C26H32N2O3/c1-26(2,3)31-25(30)27-15-13-20(14-16-27)24(29)28-17-21-11-7-8-12-22(21)23(18-28)19-9-5-4-6-10-19/h4-12,20,23H,13-18H2,1-3H3/t23-/m0/s1. The van der Waals surface area contributed by atoms with Crippen molar-refractivity contribution in [1.82, 2.24) is 9.80 Å². The largest absolute Gasteiger partial charge is 0.444 e. The lowest BCUT2D eigenvalue weighted by Crippen LogP contribution is -2.47. The van der Waals surface area contributed by atoms with E-state index in [9.17, 15) is 9.59 Å². The normalized spacial score (nSPS) is 19.6. The van der Waals surface area contributed by atoms with Crippen molar-refractivity contribution >= 4 is 12.0 Å². The first-order valence-electron chi connectivity index (χ1n) is 11.2. The van der Waals surface area contributed by atoms with Crippen LogP contribution in [0.3, 0.4) is 0 Å². The summed E-state index contributed by atoms with van der Waals surface area (Å²) in [7, 11) is 0. The Hall–Kier alpha value is -2.82. The second-order valence-corrected chi connectivity index (χ2v) is 9.62. The molecule has 31 heavy (non-hydrogen) atoms. The van der Waals surface area contributed by atoms with Crippen LogP contribution in [0.15, 0.2) is 54.6 Å². The number of amides is 2. The number of likely N-dealkylation sites (tertiary alicyclic amines) is 1. The number of hydrogen-bond acceptors (Lipinski definition) is 3. The van der Waals surface area contributed by atoms with Gasteiger partial charge >= 0.3 is 6.09 Å². The average Bonchev–Trinajstić information content (AvgIpc) is 2.77. The number of piperidine rings is 1. The van der Waals surface area contributed by atoms with Crippen LogP contribution in [0.1, 0.15) is 56.2 Å². The summed E-state index contributed by atoms with van der Waals surface area (Å²) in [6, 6.07) is 18.9. The Morgan fingerprint density at radius 3 is 2.23 bits per heavy atom. The molecule has 0 bridgehead atoms. The van der Waals surface area contributed by atoms with Gasteiger partial charge in [0.25, 0.3) is 0 Å². The third-order valence-electron chi connectivity index (χ3n) is 6.20. The monoisotopic (exact) mass is 420 g/mol. The maximum absolute atomic E-state index is 13.4. The first-order valence-corrected chi connectivity index (χ1v) is 11.2. The van der Waals surface area contributed by atoms with Crippen LogP contribution in [0.5, 0.6) is 0 Å². The minimum absolute atomic E-state index is 0.0413. The third kappa shape index (κ3) is 4.92. The van der Waals surface area contributed by atoms with E-state index in [1.54, 1.807) is 4.90 Å². The van der Waals surface area contributed by atoms with Gasteiger partial charge < -0.3 is 14.5 Å². The summed E-state index contributed by atoms with van der Waals surface area (Å²) < 4.78 is 5.48. The predicted molar refractivity (Wildman–Crippen MR) is 121 cm³/mol. The second kappa shape index (κ2) is 8.74. The van der Waals surface area contributed by atoms with E-state index >= 15 is 0 Å². The molecule has 0 radical (unpaired) electrons. The molecule has 0 unspecified atom stereocenters. The number of carbonyl (C=O) groups excluding carboxylic acids is 2. The Balaban J connectivity index is 1.44. The van der Waals surface area contributed by atoms with E-state index in [-0.39, 0.29) is 23.8 Å². The number of hydrogen-bond donors (Lipinski definition) is 0. The lowest BCUT2D eigenvalue weighted by atomic mass is 9.84. The maximum atomic E-state index is 13.4. The Kier molecular flexibility index (Phi) is 6.03. The highest BCUT2D eigenvalue weighted by Crippen LogP contribution is 2.35. The van der Waals surface area contributed by atoms with Gasteiger partial charge in [0.1, 0.15) is 5.60 Å². The van der Waals surface area contributed by atoms with E-state index in [4.69, 9.17) is 4.74 Å². The number of fused-ring (bicyclic) bond motifs is 1. The fourth-order valence-electron chi connectivity index (χ4n) is 4.64. The molecule has 2 amide bonds. The lowest BCUT2D eigenvalue weighted by molar-refractivity contribution is -0.138. The fraction of sp³-hybridized carbons (Fsp3) is 0.462. The maximum Gasteiger partial charge on any atom is 0.410 e. The van der Waals surface area contributed by atoms with Crippen molar-refractivity contribution in [2.75, 3.05) is 19.6 Å². The van der Waals surface area contributed by atoms with Gasteiger partial charge in [-0.2, -0.15) is 0 Å². The van der Waals surface area contributed by atoms with Crippen LogP contribution in [-0.4, -0.2) is 47.0 Å². The average molecular weight is 421 g/mol. The molecule has 0 spiro atoms. The van der Waals surface area contributed by atoms with Gasteiger partial charge in [-0.15, -0.1) is 0 Å². The van der Waals surface area contributed by atoms with Crippen molar-refractivity contribution in [3.05, 3.63) is 71.3 Å². The first kappa shape index (κ1) is 21.4. The summed E-state index contributed by atoms with van der Waals surface area (Å²) in [5.74, 6) is 0.358. The van der Waals surface area contributed by atoms with Gasteiger partial charge in [-0.05, 0) is 50.3 Å². The zero-order chi connectivity index (χ0) is 22.0. The third-order valence-corrected chi connectivity index (χ3v) is 6.20. The van der Waals surface area contributed by atoms with E-state index in [2.05, 4.69) is 42.5 Å². The summed E-state index contributed by atoms with van der Waals surface area (Å²) in [4.78, 5) is 29.5. The molecular formula is C26H32N2O3. The van der Waals surface area contributed by atoms with E-state index < -0.39 is 5.60 Å². The van der Waals surface area contributed by atoms with Crippen LogP contribution >= 0.6 is 0 Å². The second-order valence-electron chi connectivity index (χ2n) is 9.62. The van der Waals surface area contributed by atoms with E-state index in [0.717, 1.165) is 0 Å². The number of carbonyl (C=O) groups is 2. The fourth-order valence-corrected chi connectivity index (χ4v) is 4.64. The SMILES string of the molecule is CC(C)(C)OC(=O)N1CCC(C(=O)N2Cc3ccccc3[C@H](c3ccccc3)C2)CC1. The lowest BCUT2D eigenvalue weighted by Gasteiger charge is -2.39. The molecule has 2 aliphatic rings. The molecule has 1 atom stereocenters. The topological polar surface area (TPSA) is 49.9 Å². The highest BCUT2D eigenvalue weighted by molar-refractivity contribution is 5.80. The smallest absolute Gasteiger partial charge is 0.410 e. The zero-order valence-electron chi connectivity index (χ0n) is 18.7. The van der Waals surface area contributed by atoms with Gasteiger partial charge in [-0.1, -0.05) is 54.6 Å². The molecule has 5 heteroatoms. The minimum Gasteiger partial charge on any atom is -0.444 e. The molecule has 2 aliphatic heterocycles. The van der Waals surface area contributed by atoms with Crippen LogP contribution in [0, 0.1) is 5.92 Å². The highest BCUT2D eigenvalue weighted by atomic mass is 16.6. The van der Waals surface area contributed by atoms with Crippen molar-refractivity contribution in [3.63, 3.8) is 0 Å². The van der Waals surface area contributed by atoms with Crippen LogP contribution in [0.4, 0.5) is 4.79 Å². The summed E-state index contributed by atoms with van der Waals surface area (Å²) in [6.45, 7) is 8.11. The molecule has 0 N–H and O–H groups in total. The van der Waals surface area contributed by atoms with Gasteiger partial charge in [0.15, 0.2) is 0 Å². The molecule has 2 aromatic carbocycles. The Labute approximate surface area is 185 Å². The molecular weight excluding hydrogens is 388 g/mol. The Morgan fingerprint density at radius 2 is 1.55 bits per heavy atom. The zero-order valence-corrected chi connectivity index (χ0v) is 18.7. The molecule has 164 valence electrons. The van der Waals surface area contributed by atoms with Crippen LogP contribution in [-0.2, 0) is 16.1 Å². The molecule has 1 fully saturated rings. The number of rotatable bonds is 2. The molecule has 2 heterocycles. The quantitative estimate of drug-likeness (QED) is 0.701. The van der Waals surface area contributed by atoms with Crippen molar-refractivity contribution in [2.45, 2.75) is 51.7 Å². The van der Waals surface area contributed by atoms with Crippen LogP contribution in [0.2, 0.25) is 0 Å². The van der Waals surface area contributed by atoms with Crippen LogP contribution < -0.4 is 0 Å². The summed E-state index contributed by atoms with van der Waals surface area (Å²) in [5, 5.41) is 0. The van der Waals surface area contributed by atoms with Gasteiger partial charge in [-0.25, -0.2) is 4.79 Å². The van der Waals surface area contributed by atoms with E-state index in [0.29, 0.717) is 39.0 Å². The minimum atomic E-state index is -0.503. The van der Waals surface area contributed by atoms with Crippen molar-refractivity contribution in [3.8, 4) is 0 Å². The summed E-state index contributed by atoms with van der Waals surface area (Å²) in [6.07, 6.45) is 1.09. The van der Waals surface area contributed by atoms with Crippen molar-refractivity contribution in [1.29, 1.82) is 0 Å². The van der Waals surface area contributed by atoms with Gasteiger partial charge in [0, 0.05) is 38.0 Å². The van der Waals surface area contributed by atoms with Gasteiger partial charge in [0.2, 0.25) is 5.91 Å². The molecule has 0 aliphatic carbocycles. The molecule has 5 nitrogen and oxygen atoms in total. The molecule has 0 aromatic heterocycles. The molecule has 1 saturated heterocycles. The highest BCUT2D eigenvalue weighted by Gasteiger charge is 2.35. The molecule has 0 saturated carbocycles.